The Morgan fingerprint density at radius 3 is 2.62 bits per heavy atom. The minimum absolute atomic E-state index is 0.105. The number of hydrogen-bond donors (Lipinski definition) is 1. The van der Waals surface area contributed by atoms with Crippen molar-refractivity contribution in [1.29, 1.82) is 0 Å². The average Bonchev–Trinajstić information content (AvgIpc) is 2.19. The van der Waals surface area contributed by atoms with Crippen molar-refractivity contribution in [1.82, 2.24) is 10.3 Å². The number of aryl methyl sites for hydroxylation is 1. The highest BCUT2D eigenvalue weighted by Crippen LogP contribution is 2.16. The molecule has 0 saturated carbocycles. The van der Waals surface area contributed by atoms with Crippen LogP contribution >= 0.6 is 15.9 Å². The summed E-state index contributed by atoms with van der Waals surface area (Å²) in [7, 11) is 0. The van der Waals surface area contributed by atoms with Gasteiger partial charge in [-0.3, -0.25) is 4.98 Å². The lowest BCUT2D eigenvalue weighted by molar-refractivity contribution is -0.125. The maximum Gasteiger partial charge on any atom is 0.401 e. The van der Waals surface area contributed by atoms with Crippen LogP contribution in [-0.2, 0) is 13.0 Å². The molecule has 0 radical (unpaired) electrons. The first-order valence-electron chi connectivity index (χ1n) is 4.84. The normalized spacial score (nSPS) is 11.8. The Kier molecular flexibility index (Phi) is 4.73. The number of hydrogen-bond acceptors (Lipinski definition) is 2. The van der Waals surface area contributed by atoms with Crippen molar-refractivity contribution in [3.05, 3.63) is 28.0 Å². The van der Waals surface area contributed by atoms with E-state index < -0.39 is 12.7 Å². The number of nitrogens with one attached hydrogen (secondary N) is 1. The lowest BCUT2D eigenvalue weighted by Crippen LogP contribution is -2.28. The molecule has 1 aromatic rings. The summed E-state index contributed by atoms with van der Waals surface area (Å²) < 4.78 is 36.5. The van der Waals surface area contributed by atoms with Crippen molar-refractivity contribution in [2.24, 2.45) is 0 Å². The van der Waals surface area contributed by atoms with Crippen molar-refractivity contribution >= 4 is 15.9 Å². The van der Waals surface area contributed by atoms with Gasteiger partial charge in [-0.05, 0) is 34.5 Å². The second kappa shape index (κ2) is 5.63. The molecule has 0 aliphatic rings. The smallest absolute Gasteiger partial charge is 0.303 e. The molecular formula is C10H12BrF3N2. The van der Waals surface area contributed by atoms with Crippen molar-refractivity contribution in [2.45, 2.75) is 26.1 Å². The molecule has 1 N–H and O–H groups in total. The molecule has 1 rings (SSSR count). The van der Waals surface area contributed by atoms with Gasteiger partial charge in [0.2, 0.25) is 0 Å². The van der Waals surface area contributed by atoms with Gasteiger partial charge in [-0.15, -0.1) is 0 Å². The van der Waals surface area contributed by atoms with E-state index in [4.69, 9.17) is 0 Å². The van der Waals surface area contributed by atoms with E-state index >= 15 is 0 Å². The van der Waals surface area contributed by atoms with Crippen molar-refractivity contribution in [3.63, 3.8) is 0 Å². The average molecular weight is 297 g/mol. The van der Waals surface area contributed by atoms with E-state index in [0.29, 0.717) is 5.69 Å². The summed E-state index contributed by atoms with van der Waals surface area (Å²) in [6.45, 7) is 1.05. The quantitative estimate of drug-likeness (QED) is 0.924. The molecule has 0 aromatic carbocycles. The van der Waals surface area contributed by atoms with Crippen LogP contribution in [0, 0.1) is 0 Å². The van der Waals surface area contributed by atoms with Gasteiger partial charge in [0.1, 0.15) is 0 Å². The summed E-state index contributed by atoms with van der Waals surface area (Å²) in [5, 5.41) is 2.32. The third-order valence-electron chi connectivity index (χ3n) is 1.96. The summed E-state index contributed by atoms with van der Waals surface area (Å²) in [6, 6.07) is 3.65. The van der Waals surface area contributed by atoms with Crippen molar-refractivity contribution in [2.75, 3.05) is 6.54 Å². The SMILES string of the molecule is CCc1ccc(Br)c(CNCC(F)(F)F)n1. The fraction of sp³-hybridized carbons (Fsp3) is 0.500. The van der Waals surface area contributed by atoms with Crippen LogP contribution in [0.5, 0.6) is 0 Å². The number of pyridine rings is 1. The zero-order valence-corrected chi connectivity index (χ0v) is 10.3. The highest BCUT2D eigenvalue weighted by molar-refractivity contribution is 9.10. The summed E-state index contributed by atoms with van der Waals surface area (Å²) in [5.41, 5.74) is 1.47. The molecular weight excluding hydrogens is 285 g/mol. The molecule has 1 heterocycles. The lowest BCUT2D eigenvalue weighted by Gasteiger charge is -2.09. The van der Waals surface area contributed by atoms with Crippen LogP contribution in [0.15, 0.2) is 16.6 Å². The second-order valence-corrected chi connectivity index (χ2v) is 4.16. The predicted octanol–water partition coefficient (Wildman–Crippen LogP) is 3.06. The molecule has 2 nitrogen and oxygen atoms in total. The van der Waals surface area contributed by atoms with Crippen LogP contribution in [0.2, 0.25) is 0 Å². The van der Waals surface area contributed by atoms with Crippen LogP contribution in [0.25, 0.3) is 0 Å². The highest BCUT2D eigenvalue weighted by atomic mass is 79.9. The van der Waals surface area contributed by atoms with Crippen LogP contribution < -0.4 is 5.32 Å². The van der Waals surface area contributed by atoms with Crippen molar-refractivity contribution in [3.8, 4) is 0 Å². The monoisotopic (exact) mass is 296 g/mol. The van der Waals surface area contributed by atoms with Gasteiger partial charge < -0.3 is 5.32 Å². The van der Waals surface area contributed by atoms with E-state index in [0.717, 1.165) is 16.6 Å². The van der Waals surface area contributed by atoms with Crippen LogP contribution in [0.4, 0.5) is 13.2 Å². The molecule has 0 bridgehead atoms. The first-order valence-corrected chi connectivity index (χ1v) is 5.63. The summed E-state index contributed by atoms with van der Waals surface area (Å²) in [4.78, 5) is 4.23. The first-order chi connectivity index (χ1) is 7.42. The van der Waals surface area contributed by atoms with Gasteiger partial charge in [-0.1, -0.05) is 6.92 Å². The van der Waals surface area contributed by atoms with E-state index in [1.807, 2.05) is 13.0 Å². The molecule has 90 valence electrons. The standard InChI is InChI=1S/C10H12BrF3N2/c1-2-7-3-4-8(11)9(16-7)5-15-6-10(12,13)14/h3-4,15H,2,5-6H2,1H3. The topological polar surface area (TPSA) is 24.9 Å². The zero-order valence-electron chi connectivity index (χ0n) is 8.74. The molecule has 0 aliphatic heterocycles. The summed E-state index contributed by atoms with van der Waals surface area (Å²) in [6.07, 6.45) is -3.42. The lowest BCUT2D eigenvalue weighted by atomic mass is 10.2. The summed E-state index contributed by atoms with van der Waals surface area (Å²) in [5.74, 6) is 0. The Morgan fingerprint density at radius 1 is 1.38 bits per heavy atom. The molecule has 1 aromatic heterocycles. The molecule has 0 spiro atoms. The van der Waals surface area contributed by atoms with Gasteiger partial charge in [-0.2, -0.15) is 13.2 Å². The van der Waals surface area contributed by atoms with E-state index in [-0.39, 0.29) is 6.54 Å². The number of rotatable bonds is 4. The van der Waals surface area contributed by atoms with E-state index in [9.17, 15) is 13.2 Å². The molecule has 0 saturated heterocycles. The predicted molar refractivity (Wildman–Crippen MR) is 59.1 cm³/mol. The number of halogens is 4. The third kappa shape index (κ3) is 4.49. The Morgan fingerprint density at radius 2 is 2.06 bits per heavy atom. The number of alkyl halides is 3. The first kappa shape index (κ1) is 13.4. The minimum Gasteiger partial charge on any atom is -0.303 e. The maximum absolute atomic E-state index is 11.9. The molecule has 0 amide bonds. The number of aromatic nitrogens is 1. The minimum atomic E-state index is -4.19. The Labute approximate surface area is 100 Å². The zero-order chi connectivity index (χ0) is 12.2. The van der Waals surface area contributed by atoms with Crippen LogP contribution in [0.1, 0.15) is 18.3 Å². The van der Waals surface area contributed by atoms with Gasteiger partial charge in [0.05, 0.1) is 12.2 Å². The van der Waals surface area contributed by atoms with Gasteiger partial charge in [-0.25, -0.2) is 0 Å². The Balaban J connectivity index is 2.59. The number of nitrogens with zero attached hydrogens (tertiary/aromatic N) is 1. The van der Waals surface area contributed by atoms with Gasteiger partial charge in [0.15, 0.2) is 0 Å². The molecule has 0 unspecified atom stereocenters. The van der Waals surface area contributed by atoms with Crippen LogP contribution in [0.3, 0.4) is 0 Å². The van der Waals surface area contributed by atoms with Gasteiger partial charge in [0.25, 0.3) is 0 Å². The Hall–Kier alpha value is -0.620. The summed E-state index contributed by atoms with van der Waals surface area (Å²) >= 11 is 3.26. The highest BCUT2D eigenvalue weighted by Gasteiger charge is 2.26. The van der Waals surface area contributed by atoms with E-state index in [1.54, 1.807) is 6.07 Å². The van der Waals surface area contributed by atoms with E-state index in [1.165, 1.54) is 0 Å². The van der Waals surface area contributed by atoms with Crippen LogP contribution in [-0.4, -0.2) is 17.7 Å². The Bertz CT molecular complexity index is 352. The molecule has 0 aliphatic carbocycles. The van der Waals surface area contributed by atoms with Gasteiger partial charge >= 0.3 is 6.18 Å². The molecule has 6 heteroatoms. The fourth-order valence-electron chi connectivity index (χ4n) is 1.17. The largest absolute Gasteiger partial charge is 0.401 e. The molecule has 16 heavy (non-hydrogen) atoms. The molecule has 0 fully saturated rings. The van der Waals surface area contributed by atoms with Gasteiger partial charge in [0, 0.05) is 16.7 Å². The third-order valence-corrected chi connectivity index (χ3v) is 2.68. The fourth-order valence-corrected chi connectivity index (χ4v) is 1.53. The molecule has 0 atom stereocenters. The second-order valence-electron chi connectivity index (χ2n) is 3.30. The van der Waals surface area contributed by atoms with Crippen molar-refractivity contribution < 1.29 is 13.2 Å². The maximum atomic E-state index is 11.9. The van der Waals surface area contributed by atoms with E-state index in [2.05, 4.69) is 26.2 Å².